The maximum absolute atomic E-state index is 12.4. The molecule has 6 nitrogen and oxygen atoms in total. The fraction of sp³-hybridized carbons (Fsp3) is 0.438. The number of oxazole rings is 1. The van der Waals surface area contributed by atoms with Crippen molar-refractivity contribution in [1.82, 2.24) is 9.71 Å². The number of halogens is 1. The van der Waals surface area contributed by atoms with Gasteiger partial charge in [0.1, 0.15) is 12.0 Å². The number of unbranched alkanes of at least 4 members (excludes halogenated alkanes) is 1. The number of hydrogen-bond acceptors (Lipinski definition) is 5. The normalized spacial score (nSPS) is 12.6. The quantitative estimate of drug-likeness (QED) is 0.741. The van der Waals surface area contributed by atoms with E-state index in [2.05, 4.69) is 16.6 Å². The molecule has 0 fully saturated rings. The number of hydrogen-bond donors (Lipinski definition) is 2. The van der Waals surface area contributed by atoms with Crippen molar-refractivity contribution in [2.24, 2.45) is 5.73 Å². The van der Waals surface area contributed by atoms with Gasteiger partial charge in [-0.05, 0) is 18.6 Å². The van der Waals surface area contributed by atoms with Gasteiger partial charge in [-0.2, -0.15) is 0 Å². The van der Waals surface area contributed by atoms with Crippen LogP contribution in [0.3, 0.4) is 0 Å². The van der Waals surface area contributed by atoms with Gasteiger partial charge >= 0.3 is 0 Å². The van der Waals surface area contributed by atoms with E-state index in [0.29, 0.717) is 11.6 Å². The number of sulfonamides is 1. The van der Waals surface area contributed by atoms with E-state index in [-0.39, 0.29) is 29.9 Å². The molecule has 0 amide bonds. The van der Waals surface area contributed by atoms with Gasteiger partial charge in [-0.3, -0.25) is 0 Å². The molecule has 2 rings (SSSR count). The Labute approximate surface area is 149 Å². The Morgan fingerprint density at radius 3 is 2.46 bits per heavy atom. The molecule has 134 valence electrons. The maximum Gasteiger partial charge on any atom is 0.240 e. The lowest BCUT2D eigenvalue weighted by Gasteiger charge is -2.16. The van der Waals surface area contributed by atoms with Crippen molar-refractivity contribution in [3.63, 3.8) is 0 Å². The minimum atomic E-state index is -3.57. The number of rotatable bonds is 8. The average Bonchev–Trinajstić information content (AvgIpc) is 2.98. The fourth-order valence-electron chi connectivity index (χ4n) is 2.26. The molecule has 3 N–H and O–H groups in total. The van der Waals surface area contributed by atoms with Crippen molar-refractivity contribution in [1.29, 1.82) is 0 Å². The predicted molar refractivity (Wildman–Crippen MR) is 96.6 cm³/mol. The molecule has 8 heteroatoms. The van der Waals surface area contributed by atoms with Gasteiger partial charge in [0.15, 0.2) is 5.89 Å². The third-order valence-electron chi connectivity index (χ3n) is 3.59. The molecule has 1 aromatic carbocycles. The molecule has 0 bridgehead atoms. The van der Waals surface area contributed by atoms with Crippen LogP contribution < -0.4 is 10.5 Å². The highest BCUT2D eigenvalue weighted by molar-refractivity contribution is 7.89. The second-order valence-electron chi connectivity index (χ2n) is 5.47. The molecule has 0 aliphatic heterocycles. The summed E-state index contributed by atoms with van der Waals surface area (Å²) in [5, 5.41) is 0. The Kier molecular flexibility index (Phi) is 7.89. The summed E-state index contributed by atoms with van der Waals surface area (Å²) < 4.78 is 32.7. The van der Waals surface area contributed by atoms with Crippen LogP contribution in [-0.4, -0.2) is 26.0 Å². The van der Waals surface area contributed by atoms with Crippen molar-refractivity contribution in [2.75, 3.05) is 6.54 Å². The first kappa shape index (κ1) is 20.6. The van der Waals surface area contributed by atoms with Crippen LogP contribution in [0.2, 0.25) is 0 Å². The minimum absolute atomic E-state index is 0. The van der Waals surface area contributed by atoms with Gasteiger partial charge in [0.2, 0.25) is 10.0 Å². The molecule has 24 heavy (non-hydrogen) atoms. The second kappa shape index (κ2) is 9.17. The first-order valence-corrected chi connectivity index (χ1v) is 9.19. The van der Waals surface area contributed by atoms with Crippen molar-refractivity contribution >= 4 is 22.4 Å². The number of benzene rings is 1. The van der Waals surface area contributed by atoms with Gasteiger partial charge in [0, 0.05) is 25.1 Å². The minimum Gasteiger partial charge on any atom is -0.449 e. The zero-order valence-electron chi connectivity index (χ0n) is 13.9. The van der Waals surface area contributed by atoms with Crippen LogP contribution in [0.5, 0.6) is 0 Å². The van der Waals surface area contributed by atoms with Gasteiger partial charge in [0.05, 0.1) is 4.90 Å². The zero-order valence-corrected chi connectivity index (χ0v) is 15.5. The largest absolute Gasteiger partial charge is 0.449 e. The summed E-state index contributed by atoms with van der Waals surface area (Å²) in [4.78, 5) is 4.44. The van der Waals surface area contributed by atoms with Crippen LogP contribution in [-0.2, 0) is 10.0 Å². The molecule has 1 aromatic heterocycles. The molecule has 0 aliphatic rings. The standard InChI is InChI=1S/C16H23N3O3S.ClH/c1-3-4-5-14(10-17)19-23(20,21)15-8-6-13(7-9-15)16-11-22-12(2)18-16;/h6-9,11,14,19H,3-5,10,17H2,1-2H3;1H. The van der Waals surface area contributed by atoms with Crippen molar-refractivity contribution in [3.8, 4) is 11.3 Å². The van der Waals surface area contributed by atoms with Crippen molar-refractivity contribution in [2.45, 2.75) is 44.0 Å². The van der Waals surface area contributed by atoms with Gasteiger partial charge < -0.3 is 10.2 Å². The van der Waals surface area contributed by atoms with Crippen LogP contribution in [0.1, 0.15) is 32.1 Å². The lowest BCUT2D eigenvalue weighted by Crippen LogP contribution is -2.40. The van der Waals surface area contributed by atoms with Crippen LogP contribution >= 0.6 is 12.4 Å². The molecule has 1 heterocycles. The van der Waals surface area contributed by atoms with E-state index in [0.717, 1.165) is 24.8 Å². The van der Waals surface area contributed by atoms with E-state index in [4.69, 9.17) is 10.2 Å². The summed E-state index contributed by atoms with van der Waals surface area (Å²) in [5.74, 6) is 0.570. The Morgan fingerprint density at radius 1 is 1.29 bits per heavy atom. The lowest BCUT2D eigenvalue weighted by molar-refractivity contribution is 0.516. The molecular formula is C16H24ClN3O3S. The van der Waals surface area contributed by atoms with Gasteiger partial charge in [-0.15, -0.1) is 12.4 Å². The summed E-state index contributed by atoms with van der Waals surface area (Å²) in [6.45, 7) is 4.11. The summed E-state index contributed by atoms with van der Waals surface area (Å²) in [6, 6.07) is 6.33. The third kappa shape index (κ3) is 5.31. The van der Waals surface area contributed by atoms with E-state index in [1.165, 1.54) is 0 Å². The average molecular weight is 374 g/mol. The summed E-state index contributed by atoms with van der Waals surface area (Å²) in [6.07, 6.45) is 4.23. The van der Waals surface area contributed by atoms with E-state index < -0.39 is 10.0 Å². The highest BCUT2D eigenvalue weighted by Crippen LogP contribution is 2.21. The number of nitrogens with two attached hydrogens (primary N) is 1. The molecule has 0 aliphatic carbocycles. The van der Waals surface area contributed by atoms with Gasteiger partial charge in [0.25, 0.3) is 0 Å². The Bertz CT molecular complexity index is 729. The van der Waals surface area contributed by atoms with E-state index >= 15 is 0 Å². The molecule has 1 atom stereocenters. The van der Waals surface area contributed by atoms with Crippen LogP contribution in [0.4, 0.5) is 0 Å². The number of nitrogens with zero attached hydrogens (tertiary/aromatic N) is 1. The maximum atomic E-state index is 12.4. The number of nitrogens with one attached hydrogen (secondary N) is 1. The first-order valence-electron chi connectivity index (χ1n) is 7.71. The summed E-state index contributed by atoms with van der Waals surface area (Å²) in [5.41, 5.74) is 7.15. The van der Waals surface area contributed by atoms with E-state index in [9.17, 15) is 8.42 Å². The Balaban J connectivity index is 0.00000288. The molecule has 0 radical (unpaired) electrons. The fourth-order valence-corrected chi connectivity index (χ4v) is 3.55. The molecule has 1 unspecified atom stereocenters. The zero-order chi connectivity index (χ0) is 16.9. The summed E-state index contributed by atoms with van der Waals surface area (Å²) >= 11 is 0. The second-order valence-corrected chi connectivity index (χ2v) is 7.19. The molecular weight excluding hydrogens is 350 g/mol. The smallest absolute Gasteiger partial charge is 0.240 e. The molecule has 0 saturated carbocycles. The Morgan fingerprint density at radius 2 is 1.96 bits per heavy atom. The topological polar surface area (TPSA) is 98.2 Å². The van der Waals surface area contributed by atoms with Crippen LogP contribution in [0.15, 0.2) is 39.8 Å². The first-order chi connectivity index (χ1) is 11.0. The van der Waals surface area contributed by atoms with Gasteiger partial charge in [-0.1, -0.05) is 31.9 Å². The summed E-state index contributed by atoms with van der Waals surface area (Å²) in [7, 11) is -3.57. The SMILES string of the molecule is CCCCC(CN)NS(=O)(=O)c1ccc(-c2coc(C)n2)cc1.Cl. The van der Waals surface area contributed by atoms with Gasteiger partial charge in [-0.25, -0.2) is 18.1 Å². The van der Waals surface area contributed by atoms with E-state index in [1.54, 1.807) is 37.5 Å². The number of aromatic nitrogens is 1. The molecule has 0 spiro atoms. The highest BCUT2D eigenvalue weighted by atomic mass is 35.5. The highest BCUT2D eigenvalue weighted by Gasteiger charge is 2.19. The van der Waals surface area contributed by atoms with Crippen LogP contribution in [0.25, 0.3) is 11.3 Å². The third-order valence-corrected chi connectivity index (χ3v) is 5.13. The van der Waals surface area contributed by atoms with Crippen molar-refractivity contribution < 1.29 is 12.8 Å². The lowest BCUT2D eigenvalue weighted by atomic mass is 10.1. The van der Waals surface area contributed by atoms with E-state index in [1.807, 2.05) is 0 Å². The van der Waals surface area contributed by atoms with Crippen LogP contribution in [0, 0.1) is 6.92 Å². The molecule has 2 aromatic rings. The van der Waals surface area contributed by atoms with Crippen molar-refractivity contribution in [3.05, 3.63) is 36.4 Å². The number of aryl methyl sites for hydroxylation is 1. The monoisotopic (exact) mass is 373 g/mol. The predicted octanol–water partition coefficient (Wildman–Crippen LogP) is 2.87. The Hall–Kier alpha value is -1.41. The molecule has 0 saturated heterocycles.